The molecule has 0 bridgehead atoms. The van der Waals surface area contributed by atoms with E-state index in [2.05, 4.69) is 10.6 Å². The van der Waals surface area contributed by atoms with Crippen molar-refractivity contribution >= 4 is 11.8 Å². The molecule has 3 aromatic rings. The van der Waals surface area contributed by atoms with Gasteiger partial charge in [0, 0.05) is 18.5 Å². The van der Waals surface area contributed by atoms with Gasteiger partial charge in [-0.05, 0) is 35.4 Å². The zero-order valence-electron chi connectivity index (χ0n) is 17.0. The van der Waals surface area contributed by atoms with Gasteiger partial charge in [-0.25, -0.2) is 0 Å². The first-order valence-corrected chi connectivity index (χ1v) is 10.2. The number of ether oxygens (including phenoxy) is 2. The van der Waals surface area contributed by atoms with E-state index in [9.17, 15) is 9.59 Å². The minimum Gasteiger partial charge on any atom is -0.486 e. The Kier molecular flexibility index (Phi) is 6.47. The number of hydrogen-bond donors (Lipinski definition) is 2. The van der Waals surface area contributed by atoms with Gasteiger partial charge in [-0.1, -0.05) is 54.6 Å². The number of carbonyl (C=O) groups excluding carboxylic acids is 2. The summed E-state index contributed by atoms with van der Waals surface area (Å²) < 4.78 is 11.1. The summed E-state index contributed by atoms with van der Waals surface area (Å²) in [5.74, 6) is 0.855. The van der Waals surface area contributed by atoms with E-state index in [0.717, 1.165) is 11.1 Å². The molecule has 0 spiro atoms. The molecule has 31 heavy (non-hydrogen) atoms. The van der Waals surface area contributed by atoms with E-state index in [4.69, 9.17) is 9.47 Å². The second kappa shape index (κ2) is 9.80. The van der Waals surface area contributed by atoms with Gasteiger partial charge in [0.2, 0.25) is 5.91 Å². The lowest BCUT2D eigenvalue weighted by atomic mass is 10.0. The van der Waals surface area contributed by atoms with E-state index >= 15 is 0 Å². The highest BCUT2D eigenvalue weighted by atomic mass is 16.6. The number of amides is 2. The molecule has 0 radical (unpaired) electrons. The first-order valence-electron chi connectivity index (χ1n) is 10.2. The van der Waals surface area contributed by atoms with Gasteiger partial charge in [0.05, 0.1) is 0 Å². The molecule has 1 heterocycles. The number of benzene rings is 3. The Balaban J connectivity index is 1.44. The third kappa shape index (κ3) is 5.42. The normalized spacial score (nSPS) is 13.2. The monoisotopic (exact) mass is 416 g/mol. The van der Waals surface area contributed by atoms with Crippen LogP contribution in [0.1, 0.15) is 21.5 Å². The fraction of sp³-hybridized carbons (Fsp3) is 0.200. The Morgan fingerprint density at radius 1 is 0.806 bits per heavy atom. The average Bonchev–Trinajstić information content (AvgIpc) is 2.83. The van der Waals surface area contributed by atoms with Gasteiger partial charge in [-0.15, -0.1) is 0 Å². The van der Waals surface area contributed by atoms with Crippen molar-refractivity contribution in [2.75, 3.05) is 13.2 Å². The number of fused-ring (bicyclic) bond motifs is 1. The molecule has 1 aliphatic rings. The van der Waals surface area contributed by atoms with E-state index in [0.29, 0.717) is 43.2 Å². The Hall–Kier alpha value is -3.80. The van der Waals surface area contributed by atoms with Crippen molar-refractivity contribution in [2.45, 2.75) is 19.0 Å². The summed E-state index contributed by atoms with van der Waals surface area (Å²) in [5, 5.41) is 5.81. The number of carbonyl (C=O) groups is 2. The fourth-order valence-corrected chi connectivity index (χ4v) is 3.40. The smallest absolute Gasteiger partial charge is 0.251 e. The number of nitrogens with one attached hydrogen (secondary N) is 2. The van der Waals surface area contributed by atoms with E-state index in [1.165, 1.54) is 0 Å². The van der Waals surface area contributed by atoms with Crippen molar-refractivity contribution in [3.8, 4) is 11.5 Å². The standard InChI is InChI=1S/C25H24N2O4/c28-24(20-9-5-2-6-10-20)27-21(15-18-7-3-1-4-8-18)25(29)26-17-19-11-12-22-23(16-19)31-14-13-30-22/h1-12,16,21H,13-15,17H2,(H,26,29)(H,27,28). The Labute approximate surface area is 181 Å². The maximum Gasteiger partial charge on any atom is 0.251 e. The fourth-order valence-electron chi connectivity index (χ4n) is 3.40. The van der Waals surface area contributed by atoms with Crippen LogP contribution in [0.3, 0.4) is 0 Å². The summed E-state index contributed by atoms with van der Waals surface area (Å²) in [7, 11) is 0. The molecule has 158 valence electrons. The molecule has 6 heteroatoms. The molecule has 0 aromatic heterocycles. The Morgan fingerprint density at radius 3 is 2.23 bits per heavy atom. The van der Waals surface area contributed by atoms with Gasteiger partial charge in [0.15, 0.2) is 11.5 Å². The molecular weight excluding hydrogens is 392 g/mol. The van der Waals surface area contributed by atoms with Crippen LogP contribution in [0.2, 0.25) is 0 Å². The number of rotatable bonds is 7. The second-order valence-electron chi connectivity index (χ2n) is 7.28. The SMILES string of the molecule is O=C(NC(Cc1ccccc1)C(=O)NCc1ccc2c(c1)OCCO2)c1ccccc1. The molecule has 0 fully saturated rings. The highest BCUT2D eigenvalue weighted by Gasteiger charge is 2.22. The lowest BCUT2D eigenvalue weighted by Gasteiger charge is -2.20. The average molecular weight is 416 g/mol. The van der Waals surface area contributed by atoms with Crippen molar-refractivity contribution in [3.63, 3.8) is 0 Å². The quantitative estimate of drug-likeness (QED) is 0.621. The summed E-state index contributed by atoms with van der Waals surface area (Å²) in [4.78, 5) is 25.7. The van der Waals surface area contributed by atoms with Crippen LogP contribution in [0.5, 0.6) is 11.5 Å². The number of hydrogen-bond acceptors (Lipinski definition) is 4. The van der Waals surface area contributed by atoms with Crippen LogP contribution in [0.15, 0.2) is 78.9 Å². The van der Waals surface area contributed by atoms with Gasteiger partial charge in [0.25, 0.3) is 5.91 Å². The molecular formula is C25H24N2O4. The van der Waals surface area contributed by atoms with E-state index in [-0.39, 0.29) is 11.8 Å². The van der Waals surface area contributed by atoms with Crippen LogP contribution in [-0.4, -0.2) is 31.1 Å². The van der Waals surface area contributed by atoms with Crippen LogP contribution >= 0.6 is 0 Å². The lowest BCUT2D eigenvalue weighted by molar-refractivity contribution is -0.123. The largest absolute Gasteiger partial charge is 0.486 e. The van der Waals surface area contributed by atoms with Gasteiger partial charge >= 0.3 is 0 Å². The molecule has 2 N–H and O–H groups in total. The van der Waals surface area contributed by atoms with Crippen LogP contribution in [-0.2, 0) is 17.8 Å². The molecule has 2 amide bonds. The maximum atomic E-state index is 13.0. The summed E-state index contributed by atoms with van der Waals surface area (Å²) in [6, 6.07) is 23.4. The lowest BCUT2D eigenvalue weighted by Crippen LogP contribution is -2.47. The predicted octanol–water partition coefficient (Wildman–Crippen LogP) is 3.12. The predicted molar refractivity (Wildman–Crippen MR) is 117 cm³/mol. The van der Waals surface area contributed by atoms with Gasteiger partial charge in [0.1, 0.15) is 19.3 Å². The van der Waals surface area contributed by atoms with Crippen LogP contribution in [0.4, 0.5) is 0 Å². The highest BCUT2D eigenvalue weighted by molar-refractivity contribution is 5.97. The van der Waals surface area contributed by atoms with E-state index in [1.54, 1.807) is 24.3 Å². The van der Waals surface area contributed by atoms with E-state index in [1.807, 2.05) is 54.6 Å². The van der Waals surface area contributed by atoms with Crippen molar-refractivity contribution in [2.24, 2.45) is 0 Å². The molecule has 4 rings (SSSR count). The highest BCUT2D eigenvalue weighted by Crippen LogP contribution is 2.30. The Bertz CT molecular complexity index is 1040. The van der Waals surface area contributed by atoms with Crippen molar-refractivity contribution < 1.29 is 19.1 Å². The van der Waals surface area contributed by atoms with Crippen LogP contribution in [0, 0.1) is 0 Å². The molecule has 0 aliphatic carbocycles. The third-order valence-corrected chi connectivity index (χ3v) is 5.01. The van der Waals surface area contributed by atoms with Crippen molar-refractivity contribution in [1.82, 2.24) is 10.6 Å². The molecule has 0 saturated heterocycles. The molecule has 1 aliphatic heterocycles. The molecule has 3 aromatic carbocycles. The van der Waals surface area contributed by atoms with Gasteiger partial charge in [-0.2, -0.15) is 0 Å². The zero-order chi connectivity index (χ0) is 21.5. The van der Waals surface area contributed by atoms with Crippen LogP contribution < -0.4 is 20.1 Å². The maximum absolute atomic E-state index is 13.0. The topological polar surface area (TPSA) is 76.7 Å². The van der Waals surface area contributed by atoms with Crippen molar-refractivity contribution in [3.05, 3.63) is 95.6 Å². The second-order valence-corrected chi connectivity index (χ2v) is 7.28. The molecule has 1 unspecified atom stereocenters. The summed E-state index contributed by atoms with van der Waals surface area (Å²) in [6.45, 7) is 1.36. The van der Waals surface area contributed by atoms with Gasteiger partial charge in [-0.3, -0.25) is 9.59 Å². The van der Waals surface area contributed by atoms with Crippen LogP contribution in [0.25, 0.3) is 0 Å². The minimum atomic E-state index is -0.702. The van der Waals surface area contributed by atoms with Crippen molar-refractivity contribution in [1.29, 1.82) is 0 Å². The summed E-state index contributed by atoms with van der Waals surface area (Å²) in [6.07, 6.45) is 0.395. The summed E-state index contributed by atoms with van der Waals surface area (Å²) in [5.41, 5.74) is 2.38. The molecule has 1 atom stereocenters. The third-order valence-electron chi connectivity index (χ3n) is 5.01. The minimum absolute atomic E-state index is 0.247. The molecule has 0 saturated carbocycles. The first-order chi connectivity index (χ1) is 15.2. The van der Waals surface area contributed by atoms with Gasteiger partial charge < -0.3 is 20.1 Å². The first kappa shape index (κ1) is 20.5. The zero-order valence-corrected chi connectivity index (χ0v) is 17.0. The summed E-state index contributed by atoms with van der Waals surface area (Å²) >= 11 is 0. The Morgan fingerprint density at radius 2 is 1.48 bits per heavy atom. The van der Waals surface area contributed by atoms with E-state index < -0.39 is 6.04 Å². The molecule has 6 nitrogen and oxygen atoms in total.